The van der Waals surface area contributed by atoms with Crippen LogP contribution < -0.4 is 5.73 Å². The Morgan fingerprint density at radius 2 is 1.81 bits per heavy atom. The molecule has 2 aromatic carbocycles. The molecule has 3 nitrogen and oxygen atoms in total. The third-order valence-electron chi connectivity index (χ3n) is 4.01. The second-order valence-corrected chi connectivity index (χ2v) is 5.39. The molecule has 2 aromatic rings. The Labute approximate surface area is 123 Å². The van der Waals surface area contributed by atoms with Crippen LogP contribution in [-0.4, -0.2) is 16.8 Å². The number of hydrogen-bond donors (Lipinski definition) is 1. The fourth-order valence-electron chi connectivity index (χ4n) is 2.87. The number of hydrogen-bond acceptors (Lipinski definition) is 2. The van der Waals surface area contributed by atoms with Crippen molar-refractivity contribution in [3.8, 4) is 0 Å². The number of benzene rings is 2. The molecule has 0 saturated heterocycles. The third kappa shape index (κ3) is 2.81. The van der Waals surface area contributed by atoms with E-state index in [1.807, 2.05) is 29.2 Å². The first-order valence-electron chi connectivity index (χ1n) is 6.98. The van der Waals surface area contributed by atoms with Crippen LogP contribution in [0, 0.1) is 5.82 Å². The van der Waals surface area contributed by atoms with Gasteiger partial charge in [0, 0.05) is 18.7 Å². The molecule has 1 aliphatic heterocycles. The number of amides is 1. The number of nitrogens with zero attached hydrogens (tertiary/aromatic N) is 1. The van der Waals surface area contributed by atoms with E-state index in [1.165, 1.54) is 11.6 Å². The van der Waals surface area contributed by atoms with Crippen molar-refractivity contribution < 1.29 is 9.18 Å². The molecule has 4 heteroatoms. The zero-order valence-corrected chi connectivity index (χ0v) is 11.6. The Bertz CT molecular complexity index is 671. The number of primary amides is 1. The minimum Gasteiger partial charge on any atom is -0.368 e. The summed E-state index contributed by atoms with van der Waals surface area (Å²) >= 11 is 0. The van der Waals surface area contributed by atoms with Crippen LogP contribution in [0.5, 0.6) is 0 Å². The maximum absolute atomic E-state index is 13.8. The number of carbonyl (C=O) groups excluding carboxylic acids is 1. The summed E-state index contributed by atoms with van der Waals surface area (Å²) in [6.45, 7) is 0.993. The highest BCUT2D eigenvalue weighted by atomic mass is 19.1. The molecule has 3 rings (SSSR count). The van der Waals surface area contributed by atoms with Crippen molar-refractivity contribution in [2.75, 3.05) is 0 Å². The molecule has 1 aliphatic rings. The van der Waals surface area contributed by atoms with Crippen molar-refractivity contribution in [1.82, 2.24) is 4.90 Å². The van der Waals surface area contributed by atoms with Crippen molar-refractivity contribution in [3.05, 3.63) is 71.0 Å². The van der Waals surface area contributed by atoms with Gasteiger partial charge in [-0.25, -0.2) is 4.39 Å². The molecule has 1 unspecified atom stereocenters. The summed E-state index contributed by atoms with van der Waals surface area (Å²) in [4.78, 5) is 13.7. The van der Waals surface area contributed by atoms with E-state index in [1.54, 1.807) is 18.2 Å². The van der Waals surface area contributed by atoms with Gasteiger partial charge in [-0.3, -0.25) is 9.69 Å². The van der Waals surface area contributed by atoms with Gasteiger partial charge in [-0.15, -0.1) is 0 Å². The van der Waals surface area contributed by atoms with Crippen LogP contribution in [0.25, 0.3) is 0 Å². The molecular weight excluding hydrogens is 267 g/mol. The average Bonchev–Trinajstić information content (AvgIpc) is 2.48. The number of halogens is 1. The molecule has 0 fully saturated rings. The van der Waals surface area contributed by atoms with E-state index in [0.29, 0.717) is 25.1 Å². The van der Waals surface area contributed by atoms with Gasteiger partial charge in [0.05, 0.1) is 6.04 Å². The van der Waals surface area contributed by atoms with Crippen LogP contribution in [0.2, 0.25) is 0 Å². The molecule has 21 heavy (non-hydrogen) atoms. The lowest BCUT2D eigenvalue weighted by Crippen LogP contribution is -2.48. The Balaban J connectivity index is 1.89. The highest BCUT2D eigenvalue weighted by molar-refractivity contribution is 5.80. The number of fused-ring (bicyclic) bond motifs is 1. The van der Waals surface area contributed by atoms with Gasteiger partial charge in [0.25, 0.3) is 0 Å². The van der Waals surface area contributed by atoms with E-state index < -0.39 is 0 Å². The predicted molar refractivity (Wildman–Crippen MR) is 78.8 cm³/mol. The highest BCUT2D eigenvalue weighted by Gasteiger charge is 2.30. The van der Waals surface area contributed by atoms with E-state index in [2.05, 4.69) is 0 Å². The molecule has 0 aromatic heterocycles. The zero-order valence-electron chi connectivity index (χ0n) is 11.6. The van der Waals surface area contributed by atoms with E-state index in [9.17, 15) is 9.18 Å². The van der Waals surface area contributed by atoms with Crippen molar-refractivity contribution >= 4 is 5.91 Å². The standard InChI is InChI=1S/C17H17FN2O/c18-15-8-4-3-7-14(15)11-20-10-13-6-2-1-5-12(13)9-16(20)17(19)21/h1-8,16H,9-11H2,(H2,19,21). The molecule has 0 saturated carbocycles. The van der Waals surface area contributed by atoms with Gasteiger partial charge in [0.1, 0.15) is 5.82 Å². The first-order chi connectivity index (χ1) is 10.1. The Morgan fingerprint density at radius 3 is 2.52 bits per heavy atom. The van der Waals surface area contributed by atoms with Gasteiger partial charge in [0.15, 0.2) is 0 Å². The van der Waals surface area contributed by atoms with Crippen molar-refractivity contribution in [2.45, 2.75) is 25.6 Å². The maximum atomic E-state index is 13.8. The van der Waals surface area contributed by atoms with Crippen LogP contribution in [0.15, 0.2) is 48.5 Å². The summed E-state index contributed by atoms with van der Waals surface area (Å²) in [6, 6.07) is 14.3. The van der Waals surface area contributed by atoms with E-state index in [4.69, 9.17) is 5.73 Å². The molecule has 0 aliphatic carbocycles. The average molecular weight is 284 g/mol. The Morgan fingerprint density at radius 1 is 1.14 bits per heavy atom. The summed E-state index contributed by atoms with van der Waals surface area (Å²) in [7, 11) is 0. The normalized spacial score (nSPS) is 18.2. The first-order valence-corrected chi connectivity index (χ1v) is 6.98. The van der Waals surface area contributed by atoms with Gasteiger partial charge in [-0.05, 0) is 23.6 Å². The van der Waals surface area contributed by atoms with Gasteiger partial charge in [-0.1, -0.05) is 42.5 Å². The number of carbonyl (C=O) groups is 1. The predicted octanol–water partition coefficient (Wildman–Crippen LogP) is 2.24. The molecular formula is C17H17FN2O. The van der Waals surface area contributed by atoms with Gasteiger partial charge >= 0.3 is 0 Å². The lowest BCUT2D eigenvalue weighted by molar-refractivity contribution is -0.124. The highest BCUT2D eigenvalue weighted by Crippen LogP contribution is 2.25. The van der Waals surface area contributed by atoms with Crippen LogP contribution in [0.1, 0.15) is 16.7 Å². The zero-order chi connectivity index (χ0) is 14.8. The van der Waals surface area contributed by atoms with Crippen molar-refractivity contribution in [2.24, 2.45) is 5.73 Å². The summed E-state index contributed by atoms with van der Waals surface area (Å²) in [5.41, 5.74) is 8.44. The van der Waals surface area contributed by atoms with Crippen LogP contribution in [-0.2, 0) is 24.3 Å². The monoisotopic (exact) mass is 284 g/mol. The molecule has 1 heterocycles. The topological polar surface area (TPSA) is 46.3 Å². The maximum Gasteiger partial charge on any atom is 0.235 e. The molecule has 0 bridgehead atoms. The Kier molecular flexibility index (Phi) is 3.71. The minimum atomic E-state index is -0.389. The smallest absolute Gasteiger partial charge is 0.235 e. The molecule has 2 N–H and O–H groups in total. The summed E-state index contributed by atoms with van der Waals surface area (Å²) in [5.74, 6) is -0.611. The van der Waals surface area contributed by atoms with Crippen LogP contribution >= 0.6 is 0 Å². The lowest BCUT2D eigenvalue weighted by atomic mass is 9.93. The van der Waals surface area contributed by atoms with Crippen molar-refractivity contribution in [1.29, 1.82) is 0 Å². The summed E-state index contributed by atoms with van der Waals surface area (Å²) in [5, 5.41) is 0. The van der Waals surface area contributed by atoms with Gasteiger partial charge < -0.3 is 5.73 Å². The van der Waals surface area contributed by atoms with E-state index in [-0.39, 0.29) is 17.8 Å². The van der Waals surface area contributed by atoms with E-state index >= 15 is 0 Å². The van der Waals surface area contributed by atoms with Gasteiger partial charge in [-0.2, -0.15) is 0 Å². The van der Waals surface area contributed by atoms with Crippen LogP contribution in [0.3, 0.4) is 0 Å². The first kappa shape index (κ1) is 13.8. The van der Waals surface area contributed by atoms with E-state index in [0.717, 1.165) is 5.56 Å². The minimum absolute atomic E-state index is 0.250. The molecule has 0 spiro atoms. The van der Waals surface area contributed by atoms with Crippen molar-refractivity contribution in [3.63, 3.8) is 0 Å². The quantitative estimate of drug-likeness (QED) is 0.939. The summed E-state index contributed by atoms with van der Waals surface area (Å²) < 4.78 is 13.8. The largest absolute Gasteiger partial charge is 0.368 e. The Hall–Kier alpha value is -2.20. The molecule has 0 radical (unpaired) electrons. The molecule has 1 atom stereocenters. The number of nitrogens with two attached hydrogens (primary N) is 1. The fourth-order valence-corrected chi connectivity index (χ4v) is 2.87. The molecule has 108 valence electrons. The lowest BCUT2D eigenvalue weighted by Gasteiger charge is -2.35. The molecule has 1 amide bonds. The second kappa shape index (κ2) is 5.66. The van der Waals surface area contributed by atoms with Crippen LogP contribution in [0.4, 0.5) is 4.39 Å². The van der Waals surface area contributed by atoms with Gasteiger partial charge in [0.2, 0.25) is 5.91 Å². The summed E-state index contributed by atoms with van der Waals surface area (Å²) in [6.07, 6.45) is 0.583. The number of rotatable bonds is 3. The SMILES string of the molecule is NC(=O)C1Cc2ccccc2CN1Cc1ccccc1F. The third-order valence-corrected chi connectivity index (χ3v) is 4.01. The fraction of sp³-hybridized carbons (Fsp3) is 0.235. The second-order valence-electron chi connectivity index (χ2n) is 5.39.